The Balaban J connectivity index is 1.27. The summed E-state index contributed by atoms with van der Waals surface area (Å²) in [5.41, 5.74) is 15.9. The molecule has 3 aromatic rings. The average Bonchev–Trinajstić information content (AvgIpc) is 2.99. The summed E-state index contributed by atoms with van der Waals surface area (Å²) in [6.07, 6.45) is 4.53. The van der Waals surface area contributed by atoms with E-state index in [9.17, 15) is 14.7 Å². The summed E-state index contributed by atoms with van der Waals surface area (Å²) in [7, 11) is 0. The van der Waals surface area contributed by atoms with Crippen LogP contribution in [0.3, 0.4) is 0 Å². The number of phenolic OH excluding ortho intramolecular Hbond substituents is 1. The Labute approximate surface area is 258 Å². The van der Waals surface area contributed by atoms with Crippen molar-refractivity contribution in [3.63, 3.8) is 0 Å². The van der Waals surface area contributed by atoms with Crippen molar-refractivity contribution in [1.29, 1.82) is 0 Å². The van der Waals surface area contributed by atoms with E-state index in [1.54, 1.807) is 31.2 Å². The highest BCUT2D eigenvalue weighted by Gasteiger charge is 2.34. The van der Waals surface area contributed by atoms with Gasteiger partial charge in [-0.3, -0.25) is 4.79 Å². The number of nitrogens with zero attached hydrogens (tertiary/aromatic N) is 1. The lowest BCUT2D eigenvalue weighted by molar-refractivity contribution is 0.0511. The van der Waals surface area contributed by atoms with Gasteiger partial charge in [0.15, 0.2) is 5.96 Å². The molecule has 1 heterocycles. The van der Waals surface area contributed by atoms with Crippen molar-refractivity contribution >= 4 is 29.2 Å². The molecule has 0 saturated carbocycles. The topological polar surface area (TPSA) is 158 Å². The maximum Gasteiger partial charge on any atom is 0.340 e. The number of carbonyl (C=O) groups is 2. The second-order valence-electron chi connectivity index (χ2n) is 11.4. The van der Waals surface area contributed by atoms with Crippen molar-refractivity contribution in [1.82, 2.24) is 0 Å². The first-order valence-electron chi connectivity index (χ1n) is 14.9. The fourth-order valence-electron chi connectivity index (χ4n) is 5.39. The predicted octanol–water partition coefficient (Wildman–Crippen LogP) is 5.98. The molecule has 1 aliphatic heterocycles. The van der Waals surface area contributed by atoms with Gasteiger partial charge in [0.25, 0.3) is 5.91 Å². The van der Waals surface area contributed by atoms with Crippen LogP contribution in [0, 0.1) is 20.8 Å². The SMILES string of the molecule is CCOC(=O)c1ccc(C(=O)Nc2ccc(OCCCCC3(C)CCc4c(C)c(O)c(C)c(C)c4O3)cc2)cc1N=C(N)N. The number of rotatable bonds is 11. The number of aliphatic imine (C=N–C) groups is 1. The fourth-order valence-corrected chi connectivity index (χ4v) is 5.39. The molecule has 0 fully saturated rings. The number of phenols is 1. The van der Waals surface area contributed by atoms with E-state index in [2.05, 4.69) is 17.2 Å². The van der Waals surface area contributed by atoms with Crippen LogP contribution in [-0.4, -0.2) is 41.8 Å². The van der Waals surface area contributed by atoms with Crippen LogP contribution in [0.1, 0.15) is 82.5 Å². The summed E-state index contributed by atoms with van der Waals surface area (Å²) in [6, 6.07) is 11.5. The molecule has 0 radical (unpaired) electrons. The maximum atomic E-state index is 12.9. The van der Waals surface area contributed by atoms with Gasteiger partial charge in [-0.15, -0.1) is 0 Å². The monoisotopic (exact) mass is 602 g/mol. The first-order chi connectivity index (χ1) is 20.9. The highest BCUT2D eigenvalue weighted by molar-refractivity contribution is 6.06. The lowest BCUT2D eigenvalue weighted by atomic mass is 9.85. The van der Waals surface area contributed by atoms with Gasteiger partial charge < -0.3 is 36.1 Å². The molecular formula is C34H42N4O6. The summed E-state index contributed by atoms with van der Waals surface area (Å²) >= 11 is 0. The van der Waals surface area contributed by atoms with Crippen molar-refractivity contribution in [2.45, 2.75) is 72.3 Å². The normalized spacial score (nSPS) is 15.5. The van der Waals surface area contributed by atoms with Crippen LogP contribution in [-0.2, 0) is 11.2 Å². The van der Waals surface area contributed by atoms with Gasteiger partial charge in [-0.05, 0) is 126 Å². The summed E-state index contributed by atoms with van der Waals surface area (Å²) in [6.45, 7) is 10.5. The van der Waals surface area contributed by atoms with E-state index in [-0.39, 0.29) is 40.9 Å². The molecule has 1 atom stereocenters. The van der Waals surface area contributed by atoms with Crippen molar-refractivity contribution in [2.24, 2.45) is 16.5 Å². The van der Waals surface area contributed by atoms with E-state index in [1.807, 2.05) is 20.8 Å². The van der Waals surface area contributed by atoms with E-state index in [0.29, 0.717) is 23.8 Å². The number of ether oxygens (including phenoxy) is 3. The number of fused-ring (bicyclic) bond motifs is 1. The van der Waals surface area contributed by atoms with Crippen LogP contribution >= 0.6 is 0 Å². The molecule has 1 aliphatic rings. The minimum absolute atomic E-state index is 0.148. The van der Waals surface area contributed by atoms with Crippen LogP contribution in [0.25, 0.3) is 0 Å². The van der Waals surface area contributed by atoms with E-state index < -0.39 is 5.97 Å². The van der Waals surface area contributed by atoms with Crippen molar-refractivity contribution in [3.05, 3.63) is 75.8 Å². The molecule has 6 N–H and O–H groups in total. The fraction of sp³-hybridized carbons (Fsp3) is 0.382. The summed E-state index contributed by atoms with van der Waals surface area (Å²) in [5.74, 6) is 0.790. The van der Waals surface area contributed by atoms with Gasteiger partial charge in [0.05, 0.1) is 24.5 Å². The summed E-state index contributed by atoms with van der Waals surface area (Å²) in [4.78, 5) is 29.1. The van der Waals surface area contributed by atoms with Crippen LogP contribution < -0.4 is 26.3 Å². The Morgan fingerprint density at radius 1 is 1.05 bits per heavy atom. The first-order valence-corrected chi connectivity index (χ1v) is 14.9. The Bertz CT molecular complexity index is 1560. The Morgan fingerprint density at radius 3 is 2.45 bits per heavy atom. The standard InChI is InChI=1S/C34H42N4O6/c1-6-42-32(41)27-14-9-23(19-28(27)38-33(35)36)31(40)37-24-10-12-25(13-11-24)43-18-8-7-16-34(5)17-15-26-22(4)29(39)20(2)21(3)30(26)44-34/h9-14,19,39H,6-8,15-18H2,1-5H3,(H,37,40)(H4,35,36,38). The highest BCUT2D eigenvalue weighted by atomic mass is 16.5. The third-order valence-electron chi connectivity index (χ3n) is 8.08. The van der Waals surface area contributed by atoms with Crippen LogP contribution in [0.15, 0.2) is 47.5 Å². The van der Waals surface area contributed by atoms with Gasteiger partial charge in [0.1, 0.15) is 22.8 Å². The lowest BCUT2D eigenvalue weighted by Gasteiger charge is -2.38. The van der Waals surface area contributed by atoms with Crippen LogP contribution in [0.4, 0.5) is 11.4 Å². The molecule has 4 rings (SSSR count). The molecule has 1 unspecified atom stereocenters. The molecule has 234 valence electrons. The molecule has 0 aliphatic carbocycles. The molecule has 1 amide bonds. The van der Waals surface area contributed by atoms with Gasteiger partial charge in [0, 0.05) is 16.8 Å². The van der Waals surface area contributed by atoms with E-state index in [4.69, 9.17) is 25.7 Å². The van der Waals surface area contributed by atoms with Gasteiger partial charge in [-0.2, -0.15) is 0 Å². The number of benzene rings is 3. The lowest BCUT2D eigenvalue weighted by Crippen LogP contribution is -2.37. The van der Waals surface area contributed by atoms with E-state index in [0.717, 1.165) is 60.1 Å². The Morgan fingerprint density at radius 2 is 1.77 bits per heavy atom. The Hall–Kier alpha value is -4.73. The number of hydrogen-bond donors (Lipinski definition) is 4. The number of nitrogens with one attached hydrogen (secondary N) is 1. The molecule has 3 aromatic carbocycles. The highest BCUT2D eigenvalue weighted by Crippen LogP contribution is 2.44. The quantitative estimate of drug-likeness (QED) is 0.0902. The number of carbonyl (C=O) groups excluding carboxylic acids is 2. The van der Waals surface area contributed by atoms with Crippen molar-refractivity contribution in [2.75, 3.05) is 18.5 Å². The summed E-state index contributed by atoms with van der Waals surface area (Å²) < 4.78 is 17.5. The molecule has 0 aromatic heterocycles. The van der Waals surface area contributed by atoms with Gasteiger partial charge in [0.2, 0.25) is 0 Å². The number of nitrogens with two attached hydrogens (primary N) is 2. The van der Waals surface area contributed by atoms with Gasteiger partial charge in [-0.25, -0.2) is 9.79 Å². The van der Waals surface area contributed by atoms with Crippen molar-refractivity contribution in [3.8, 4) is 17.2 Å². The van der Waals surface area contributed by atoms with Gasteiger partial charge >= 0.3 is 5.97 Å². The molecular weight excluding hydrogens is 560 g/mol. The molecule has 0 bridgehead atoms. The number of amides is 1. The molecule has 0 spiro atoms. The zero-order valence-electron chi connectivity index (χ0n) is 26.1. The number of unbranched alkanes of at least 4 members (excludes halogenated alkanes) is 1. The maximum absolute atomic E-state index is 12.9. The van der Waals surface area contributed by atoms with E-state index in [1.165, 1.54) is 18.2 Å². The number of guanidine groups is 1. The number of esters is 1. The number of aromatic hydroxyl groups is 1. The number of hydrogen-bond acceptors (Lipinski definition) is 7. The predicted molar refractivity (Wildman–Crippen MR) is 171 cm³/mol. The van der Waals surface area contributed by atoms with Gasteiger partial charge in [-0.1, -0.05) is 0 Å². The minimum Gasteiger partial charge on any atom is -0.507 e. The minimum atomic E-state index is -0.584. The Kier molecular flexibility index (Phi) is 10.0. The smallest absolute Gasteiger partial charge is 0.340 e. The van der Waals surface area contributed by atoms with Crippen LogP contribution in [0.5, 0.6) is 17.2 Å². The molecule has 10 nitrogen and oxygen atoms in total. The zero-order valence-corrected chi connectivity index (χ0v) is 26.1. The largest absolute Gasteiger partial charge is 0.507 e. The van der Waals surface area contributed by atoms with E-state index >= 15 is 0 Å². The van der Waals surface area contributed by atoms with Crippen LogP contribution in [0.2, 0.25) is 0 Å². The first kappa shape index (κ1) is 32.2. The third-order valence-corrected chi connectivity index (χ3v) is 8.08. The third kappa shape index (κ3) is 7.42. The molecule has 44 heavy (non-hydrogen) atoms. The molecule has 10 heteroatoms. The average molecular weight is 603 g/mol. The summed E-state index contributed by atoms with van der Waals surface area (Å²) in [5, 5.41) is 13.3. The second-order valence-corrected chi connectivity index (χ2v) is 11.4. The zero-order chi connectivity index (χ0) is 32.0. The number of anilines is 1. The van der Waals surface area contributed by atoms with Crippen molar-refractivity contribution < 1.29 is 28.9 Å². The second kappa shape index (κ2) is 13.7. The molecule has 0 saturated heterocycles.